The van der Waals surface area contributed by atoms with Gasteiger partial charge in [-0.05, 0) is 59.3 Å². The van der Waals surface area contributed by atoms with Crippen molar-refractivity contribution in [3.63, 3.8) is 0 Å². The van der Waals surface area contributed by atoms with Gasteiger partial charge in [-0.25, -0.2) is 0 Å². The Kier molecular flexibility index (Phi) is 6.50. The average molecular weight is 367 g/mol. The van der Waals surface area contributed by atoms with Crippen molar-refractivity contribution >= 4 is 23.5 Å². The molecule has 1 aliphatic heterocycles. The summed E-state index contributed by atoms with van der Waals surface area (Å²) in [5, 5.41) is 0.481. The standard InChI is InChI=1S/C23H26S2/c1-4-19-7-5-9-21(15-19)10-6-8-20-11-13-22(14-12-20)16-23-17(2)24-18(3)25-23/h5,7,9,11-15,23H,2-4,6,8,10,16H2,1H3. The molecule has 2 heteroatoms. The smallest absolute Gasteiger partial charge is 0.0447 e. The number of rotatable bonds is 7. The van der Waals surface area contributed by atoms with Crippen molar-refractivity contribution in [3.8, 4) is 0 Å². The van der Waals surface area contributed by atoms with Gasteiger partial charge in [0.2, 0.25) is 0 Å². The van der Waals surface area contributed by atoms with Crippen LogP contribution in [0.2, 0.25) is 0 Å². The molecule has 1 fully saturated rings. The summed E-state index contributed by atoms with van der Waals surface area (Å²) < 4.78 is 1.18. The van der Waals surface area contributed by atoms with Crippen molar-refractivity contribution in [2.24, 2.45) is 0 Å². The minimum Gasteiger partial charge on any atom is -0.110 e. The predicted octanol–water partition coefficient (Wildman–Crippen LogP) is 6.80. The van der Waals surface area contributed by atoms with Gasteiger partial charge in [-0.15, -0.1) is 11.8 Å². The topological polar surface area (TPSA) is 0 Å². The van der Waals surface area contributed by atoms with Crippen molar-refractivity contribution in [1.82, 2.24) is 0 Å². The SMILES string of the molecule is C=C1SC(=C)C(Cc2ccc(CCCc3cccc(CC)c3)cc2)S1. The first-order valence-corrected chi connectivity index (χ1v) is 10.7. The molecule has 0 amide bonds. The van der Waals surface area contributed by atoms with Crippen LogP contribution in [0.15, 0.2) is 70.8 Å². The van der Waals surface area contributed by atoms with Gasteiger partial charge < -0.3 is 0 Å². The van der Waals surface area contributed by atoms with Crippen LogP contribution in [-0.2, 0) is 25.7 Å². The highest BCUT2D eigenvalue weighted by atomic mass is 32.2. The van der Waals surface area contributed by atoms with E-state index in [0.29, 0.717) is 5.25 Å². The van der Waals surface area contributed by atoms with Gasteiger partial charge in [0.25, 0.3) is 0 Å². The summed E-state index contributed by atoms with van der Waals surface area (Å²) in [4.78, 5) is 1.24. The second kappa shape index (κ2) is 8.82. The highest BCUT2D eigenvalue weighted by Crippen LogP contribution is 2.48. The van der Waals surface area contributed by atoms with E-state index in [1.54, 1.807) is 11.8 Å². The monoisotopic (exact) mass is 366 g/mol. The minimum absolute atomic E-state index is 0.481. The molecule has 1 heterocycles. The molecule has 0 N–H and O–H groups in total. The highest BCUT2D eigenvalue weighted by molar-refractivity contribution is 8.27. The van der Waals surface area contributed by atoms with Gasteiger partial charge in [0.15, 0.2) is 0 Å². The van der Waals surface area contributed by atoms with Gasteiger partial charge in [0, 0.05) is 9.49 Å². The van der Waals surface area contributed by atoms with Gasteiger partial charge in [-0.3, -0.25) is 0 Å². The lowest BCUT2D eigenvalue weighted by atomic mass is 10.0. The molecule has 25 heavy (non-hydrogen) atoms. The first-order chi connectivity index (χ1) is 12.1. The van der Waals surface area contributed by atoms with Crippen LogP contribution in [0.4, 0.5) is 0 Å². The number of benzene rings is 2. The summed E-state index contributed by atoms with van der Waals surface area (Å²) in [5.74, 6) is 0. The van der Waals surface area contributed by atoms with Gasteiger partial charge in [0.05, 0.1) is 0 Å². The molecule has 3 rings (SSSR count). The molecule has 2 aromatic rings. The molecule has 0 nitrogen and oxygen atoms in total. The molecule has 0 aliphatic carbocycles. The molecular formula is C23H26S2. The van der Waals surface area contributed by atoms with Crippen LogP contribution in [0, 0.1) is 0 Å². The van der Waals surface area contributed by atoms with Gasteiger partial charge in [-0.1, -0.05) is 80.4 Å². The summed E-state index contributed by atoms with van der Waals surface area (Å²) in [6.45, 7) is 10.4. The van der Waals surface area contributed by atoms with Crippen LogP contribution in [0.3, 0.4) is 0 Å². The Morgan fingerprint density at radius 2 is 1.56 bits per heavy atom. The van der Waals surface area contributed by atoms with Crippen molar-refractivity contribution in [3.05, 3.63) is 93.1 Å². The fraction of sp³-hybridized carbons (Fsp3) is 0.304. The van der Waals surface area contributed by atoms with E-state index in [0.717, 1.165) is 25.7 Å². The lowest BCUT2D eigenvalue weighted by molar-refractivity contribution is 0.818. The Morgan fingerprint density at radius 3 is 2.24 bits per heavy atom. The Balaban J connectivity index is 1.49. The Labute approximate surface area is 160 Å². The molecule has 130 valence electrons. The summed E-state index contributed by atoms with van der Waals surface area (Å²) >= 11 is 3.59. The van der Waals surface area contributed by atoms with Crippen LogP contribution in [0.5, 0.6) is 0 Å². The number of hydrogen-bond donors (Lipinski definition) is 0. The minimum atomic E-state index is 0.481. The Morgan fingerprint density at radius 1 is 0.880 bits per heavy atom. The summed E-state index contributed by atoms with van der Waals surface area (Å²) in [5.41, 5.74) is 5.74. The van der Waals surface area contributed by atoms with E-state index in [4.69, 9.17) is 0 Å². The van der Waals surface area contributed by atoms with E-state index >= 15 is 0 Å². The number of hydrogen-bond acceptors (Lipinski definition) is 2. The zero-order valence-electron chi connectivity index (χ0n) is 15.0. The third kappa shape index (κ3) is 5.29. The van der Waals surface area contributed by atoms with Crippen molar-refractivity contribution in [1.29, 1.82) is 0 Å². The van der Waals surface area contributed by atoms with E-state index < -0.39 is 0 Å². The molecule has 1 saturated heterocycles. The van der Waals surface area contributed by atoms with E-state index in [1.165, 1.54) is 37.8 Å². The van der Waals surface area contributed by atoms with E-state index in [1.807, 2.05) is 11.8 Å². The molecular weight excluding hydrogens is 340 g/mol. The fourth-order valence-corrected chi connectivity index (χ4v) is 5.56. The van der Waals surface area contributed by atoms with Gasteiger partial charge >= 0.3 is 0 Å². The molecule has 0 aromatic heterocycles. The van der Waals surface area contributed by atoms with E-state index in [-0.39, 0.29) is 0 Å². The third-order valence-electron chi connectivity index (χ3n) is 4.65. The van der Waals surface area contributed by atoms with Crippen LogP contribution in [0.25, 0.3) is 0 Å². The van der Waals surface area contributed by atoms with Crippen LogP contribution in [0.1, 0.15) is 35.6 Å². The maximum absolute atomic E-state index is 4.16. The Bertz CT molecular complexity index is 743. The average Bonchev–Trinajstić information content (AvgIpc) is 2.94. The summed E-state index contributed by atoms with van der Waals surface area (Å²) in [6.07, 6.45) is 5.69. The molecule has 1 unspecified atom stereocenters. The van der Waals surface area contributed by atoms with Crippen molar-refractivity contribution in [2.45, 2.75) is 44.3 Å². The van der Waals surface area contributed by atoms with Gasteiger partial charge in [-0.2, -0.15) is 0 Å². The lowest BCUT2D eigenvalue weighted by Crippen LogP contribution is -2.03. The first-order valence-electron chi connectivity index (χ1n) is 9.02. The normalized spacial score (nSPS) is 17.2. The third-order valence-corrected chi connectivity index (χ3v) is 7.11. The molecule has 1 atom stereocenters. The number of aryl methyl sites for hydroxylation is 3. The lowest BCUT2D eigenvalue weighted by Gasteiger charge is -2.10. The zero-order valence-corrected chi connectivity index (χ0v) is 16.6. The van der Waals surface area contributed by atoms with Crippen LogP contribution < -0.4 is 0 Å². The van der Waals surface area contributed by atoms with Crippen LogP contribution in [-0.4, -0.2) is 5.25 Å². The Hall–Kier alpha value is -1.38. The molecule has 0 bridgehead atoms. The van der Waals surface area contributed by atoms with Crippen molar-refractivity contribution in [2.75, 3.05) is 0 Å². The second-order valence-electron chi connectivity index (χ2n) is 6.59. The molecule has 0 spiro atoms. The van der Waals surface area contributed by atoms with E-state index in [2.05, 4.69) is 68.6 Å². The van der Waals surface area contributed by atoms with Gasteiger partial charge in [0.1, 0.15) is 0 Å². The summed E-state index contributed by atoms with van der Waals surface area (Å²) in [6, 6.07) is 18.2. The number of thioether (sulfide) groups is 2. The quantitative estimate of drug-likeness (QED) is 0.528. The first kappa shape index (κ1) is 18.4. The molecule has 0 saturated carbocycles. The fourth-order valence-electron chi connectivity index (χ4n) is 3.17. The van der Waals surface area contributed by atoms with Crippen molar-refractivity contribution < 1.29 is 0 Å². The molecule has 2 aromatic carbocycles. The maximum Gasteiger partial charge on any atom is 0.0447 e. The largest absolute Gasteiger partial charge is 0.110 e. The van der Waals surface area contributed by atoms with E-state index in [9.17, 15) is 0 Å². The van der Waals surface area contributed by atoms with Crippen LogP contribution >= 0.6 is 23.5 Å². The zero-order chi connectivity index (χ0) is 17.6. The maximum atomic E-state index is 4.16. The second-order valence-corrected chi connectivity index (χ2v) is 9.37. The predicted molar refractivity (Wildman–Crippen MR) is 115 cm³/mol. The highest BCUT2D eigenvalue weighted by Gasteiger charge is 2.23. The molecule has 1 aliphatic rings. The summed E-state index contributed by atoms with van der Waals surface area (Å²) in [7, 11) is 0. The molecule has 0 radical (unpaired) electrons.